The summed E-state index contributed by atoms with van der Waals surface area (Å²) in [5, 5.41) is 9.04. The third-order valence-electron chi connectivity index (χ3n) is 4.55. The van der Waals surface area contributed by atoms with Gasteiger partial charge in [-0.2, -0.15) is 0 Å². The zero-order valence-corrected chi connectivity index (χ0v) is 14.1. The van der Waals surface area contributed by atoms with Gasteiger partial charge in [0.2, 0.25) is 5.91 Å². The molecule has 3 N–H and O–H groups in total. The average Bonchev–Trinajstić information content (AvgIpc) is 2.55. The van der Waals surface area contributed by atoms with E-state index in [9.17, 15) is 9.59 Å². The molecule has 2 aromatic rings. The smallest absolute Gasteiger partial charge is 0.318 e. The summed E-state index contributed by atoms with van der Waals surface area (Å²) < 4.78 is 6.00. The molecule has 3 atom stereocenters. The standard InChI is InChI=1S/C18H16ClN3O3/c1-18-14(16(23)20-11-8-6-10(19)7-9-11)15(21-17(24)22-18)12-4-2-3-5-13(12)25-18/h2-9,14-15H,1H3,(H,20,23)(H2,21,22,24)/t14-,15+,18+/m0/s1. The van der Waals surface area contributed by atoms with Crippen LogP contribution in [-0.2, 0) is 4.79 Å². The Labute approximate surface area is 149 Å². The minimum absolute atomic E-state index is 0.253. The first-order chi connectivity index (χ1) is 12.0. The van der Waals surface area contributed by atoms with Crippen LogP contribution < -0.4 is 20.7 Å². The molecule has 4 rings (SSSR count). The van der Waals surface area contributed by atoms with Crippen molar-refractivity contribution in [2.45, 2.75) is 18.7 Å². The highest BCUT2D eigenvalue weighted by atomic mass is 35.5. The molecule has 2 bridgehead atoms. The number of hydrogen-bond acceptors (Lipinski definition) is 3. The fourth-order valence-electron chi connectivity index (χ4n) is 3.44. The van der Waals surface area contributed by atoms with Crippen molar-refractivity contribution in [3.05, 3.63) is 59.1 Å². The molecule has 1 fully saturated rings. The van der Waals surface area contributed by atoms with Crippen molar-refractivity contribution < 1.29 is 14.3 Å². The van der Waals surface area contributed by atoms with E-state index in [1.54, 1.807) is 31.2 Å². The Balaban J connectivity index is 1.69. The number of carbonyl (C=O) groups is 2. The first-order valence-corrected chi connectivity index (χ1v) is 8.27. The van der Waals surface area contributed by atoms with Gasteiger partial charge < -0.3 is 15.4 Å². The SMILES string of the molecule is C[C@@]12NC(=O)N[C@H](c3ccccc3O1)[C@H]2C(=O)Nc1ccc(Cl)cc1. The molecule has 2 aliphatic rings. The summed E-state index contributed by atoms with van der Waals surface area (Å²) >= 11 is 5.88. The van der Waals surface area contributed by atoms with Gasteiger partial charge in [0.25, 0.3) is 0 Å². The molecule has 0 saturated carbocycles. The molecule has 0 spiro atoms. The average molecular weight is 358 g/mol. The van der Waals surface area contributed by atoms with Crippen LogP contribution >= 0.6 is 11.6 Å². The van der Waals surface area contributed by atoms with Gasteiger partial charge in [0.05, 0.1) is 6.04 Å². The molecule has 25 heavy (non-hydrogen) atoms. The van der Waals surface area contributed by atoms with E-state index in [1.165, 1.54) is 0 Å². The van der Waals surface area contributed by atoms with Crippen LogP contribution in [0.25, 0.3) is 0 Å². The molecular formula is C18H16ClN3O3. The maximum absolute atomic E-state index is 13.0. The number of amides is 3. The maximum Gasteiger partial charge on any atom is 0.318 e. The lowest BCUT2D eigenvalue weighted by Crippen LogP contribution is -2.70. The van der Waals surface area contributed by atoms with Crippen LogP contribution in [0.1, 0.15) is 18.5 Å². The van der Waals surface area contributed by atoms with E-state index in [0.717, 1.165) is 5.56 Å². The Morgan fingerprint density at radius 3 is 2.68 bits per heavy atom. The molecule has 2 heterocycles. The molecular weight excluding hydrogens is 342 g/mol. The van der Waals surface area contributed by atoms with E-state index in [4.69, 9.17) is 16.3 Å². The minimum Gasteiger partial charge on any atom is -0.467 e. The molecule has 7 heteroatoms. The van der Waals surface area contributed by atoms with E-state index < -0.39 is 17.7 Å². The van der Waals surface area contributed by atoms with Crippen LogP contribution in [0.15, 0.2) is 48.5 Å². The van der Waals surface area contributed by atoms with Crippen molar-refractivity contribution in [3.63, 3.8) is 0 Å². The predicted octanol–water partition coefficient (Wildman–Crippen LogP) is 3.06. The second-order valence-corrected chi connectivity index (χ2v) is 6.73. The number of benzene rings is 2. The van der Waals surface area contributed by atoms with Crippen molar-refractivity contribution in [2.24, 2.45) is 5.92 Å². The Morgan fingerprint density at radius 2 is 1.92 bits per heavy atom. The quantitative estimate of drug-likeness (QED) is 0.772. The summed E-state index contributed by atoms with van der Waals surface area (Å²) in [6.45, 7) is 1.71. The van der Waals surface area contributed by atoms with Gasteiger partial charge in [-0.15, -0.1) is 0 Å². The molecule has 0 aromatic heterocycles. The summed E-state index contributed by atoms with van der Waals surface area (Å²) in [6.07, 6.45) is 0. The number of hydrogen-bond donors (Lipinski definition) is 3. The Bertz CT molecular complexity index is 855. The van der Waals surface area contributed by atoms with Gasteiger partial charge in [-0.3, -0.25) is 10.1 Å². The van der Waals surface area contributed by atoms with Crippen molar-refractivity contribution in [2.75, 3.05) is 5.32 Å². The molecule has 3 amide bonds. The van der Waals surface area contributed by atoms with Gasteiger partial charge in [-0.05, 0) is 37.3 Å². The second kappa shape index (κ2) is 5.67. The highest BCUT2D eigenvalue weighted by molar-refractivity contribution is 6.30. The van der Waals surface area contributed by atoms with E-state index in [2.05, 4.69) is 16.0 Å². The number of para-hydroxylation sites is 1. The highest BCUT2D eigenvalue weighted by Crippen LogP contribution is 2.44. The van der Waals surface area contributed by atoms with E-state index >= 15 is 0 Å². The number of urea groups is 1. The van der Waals surface area contributed by atoms with Gasteiger partial charge in [0, 0.05) is 16.3 Å². The van der Waals surface area contributed by atoms with Crippen LogP contribution in [-0.4, -0.2) is 17.7 Å². The molecule has 0 radical (unpaired) electrons. The monoisotopic (exact) mass is 357 g/mol. The van der Waals surface area contributed by atoms with Crippen molar-refractivity contribution in [1.82, 2.24) is 10.6 Å². The molecule has 0 aliphatic carbocycles. The first kappa shape index (κ1) is 15.8. The van der Waals surface area contributed by atoms with Gasteiger partial charge in [0.1, 0.15) is 11.7 Å². The van der Waals surface area contributed by atoms with E-state index in [0.29, 0.717) is 16.5 Å². The number of fused-ring (bicyclic) bond motifs is 4. The summed E-state index contributed by atoms with van der Waals surface area (Å²) in [6, 6.07) is 13.4. The van der Waals surface area contributed by atoms with E-state index in [1.807, 2.05) is 24.3 Å². The second-order valence-electron chi connectivity index (χ2n) is 6.30. The van der Waals surface area contributed by atoms with Crippen molar-refractivity contribution in [1.29, 1.82) is 0 Å². The zero-order chi connectivity index (χ0) is 17.6. The molecule has 1 saturated heterocycles. The number of ether oxygens (including phenoxy) is 1. The lowest BCUT2D eigenvalue weighted by molar-refractivity contribution is -0.133. The van der Waals surface area contributed by atoms with Crippen LogP contribution in [0.2, 0.25) is 5.02 Å². The summed E-state index contributed by atoms with van der Waals surface area (Å²) in [4.78, 5) is 25.0. The van der Waals surface area contributed by atoms with Gasteiger partial charge in [-0.1, -0.05) is 29.8 Å². The van der Waals surface area contributed by atoms with E-state index in [-0.39, 0.29) is 11.9 Å². The lowest BCUT2D eigenvalue weighted by atomic mass is 9.80. The first-order valence-electron chi connectivity index (χ1n) is 7.89. The largest absolute Gasteiger partial charge is 0.467 e. The topological polar surface area (TPSA) is 79.5 Å². The van der Waals surface area contributed by atoms with Crippen LogP contribution in [0.5, 0.6) is 5.75 Å². The number of nitrogens with one attached hydrogen (secondary N) is 3. The van der Waals surface area contributed by atoms with Crippen molar-refractivity contribution >= 4 is 29.2 Å². The maximum atomic E-state index is 13.0. The molecule has 2 aromatic carbocycles. The third-order valence-corrected chi connectivity index (χ3v) is 4.80. The third kappa shape index (κ3) is 2.68. The number of halogens is 1. The minimum atomic E-state index is -1.14. The van der Waals surface area contributed by atoms with Crippen LogP contribution in [0, 0.1) is 5.92 Å². The predicted molar refractivity (Wildman–Crippen MR) is 93.5 cm³/mol. The van der Waals surface area contributed by atoms with Crippen LogP contribution in [0.3, 0.4) is 0 Å². The molecule has 128 valence electrons. The highest BCUT2D eigenvalue weighted by Gasteiger charge is 2.55. The normalized spacial score (nSPS) is 26.6. The number of anilines is 1. The zero-order valence-electron chi connectivity index (χ0n) is 13.4. The fraction of sp³-hybridized carbons (Fsp3) is 0.222. The van der Waals surface area contributed by atoms with Gasteiger partial charge >= 0.3 is 6.03 Å². The summed E-state index contributed by atoms with van der Waals surface area (Å²) in [7, 11) is 0. The lowest BCUT2D eigenvalue weighted by Gasteiger charge is -2.49. The number of rotatable bonds is 2. The molecule has 2 aliphatic heterocycles. The number of carbonyl (C=O) groups excluding carboxylic acids is 2. The fourth-order valence-corrected chi connectivity index (χ4v) is 3.57. The van der Waals surface area contributed by atoms with Gasteiger partial charge in [0.15, 0.2) is 5.72 Å². The van der Waals surface area contributed by atoms with Crippen molar-refractivity contribution in [3.8, 4) is 5.75 Å². The summed E-state index contributed by atoms with van der Waals surface area (Å²) in [5.74, 6) is -0.245. The molecule has 0 unspecified atom stereocenters. The Morgan fingerprint density at radius 1 is 1.20 bits per heavy atom. The van der Waals surface area contributed by atoms with Crippen LogP contribution in [0.4, 0.5) is 10.5 Å². The summed E-state index contributed by atoms with van der Waals surface area (Å²) in [5.41, 5.74) is 0.269. The Hall–Kier alpha value is -2.73. The Kier molecular flexibility index (Phi) is 3.58. The van der Waals surface area contributed by atoms with Gasteiger partial charge in [-0.25, -0.2) is 4.79 Å². The molecule has 6 nitrogen and oxygen atoms in total.